The van der Waals surface area contributed by atoms with Gasteiger partial charge in [0.2, 0.25) is 0 Å². The molecule has 4 heavy (non-hydrogen) atoms. The van der Waals surface area contributed by atoms with Crippen LogP contribution in [0.5, 0.6) is 0 Å². The maximum Gasteiger partial charge on any atom is 2.00 e. The van der Waals surface area contributed by atoms with Gasteiger partial charge in [0.05, 0.1) is 0 Å². The minimum atomic E-state index is 0. The molecule has 0 aliphatic carbocycles. The van der Waals surface area contributed by atoms with E-state index in [0.29, 0.717) is 0 Å². The molecular formula is H3CaKNiO. The van der Waals surface area contributed by atoms with Crippen LogP contribution in [-0.4, -0.2) is 89.1 Å². The van der Waals surface area contributed by atoms with Gasteiger partial charge >= 0.3 is 106 Å². The molecule has 0 bridgehead atoms. The van der Waals surface area contributed by atoms with Gasteiger partial charge in [0.1, 0.15) is 0 Å². The number of hydrogen-bond donors (Lipinski definition) is 0. The van der Waals surface area contributed by atoms with Crippen LogP contribution in [-0.2, 0) is 22.0 Å². The summed E-state index contributed by atoms with van der Waals surface area (Å²) in [6, 6.07) is 0. The van der Waals surface area contributed by atoms with Crippen molar-refractivity contribution in [2.75, 3.05) is 0 Å². The van der Waals surface area contributed by atoms with E-state index in [4.69, 9.17) is 0 Å². The Hall–Kier alpha value is 3.35. The van der Waals surface area contributed by atoms with E-state index < -0.39 is 0 Å². The summed E-state index contributed by atoms with van der Waals surface area (Å²) in [5.41, 5.74) is 0. The minimum Gasteiger partial charge on any atom is -2.00 e. The monoisotopic (exact) mass is 156 g/mol. The molecular weight excluding hydrogens is 154 g/mol. The molecule has 0 aliphatic rings. The van der Waals surface area contributed by atoms with Crippen LogP contribution >= 0.6 is 0 Å². The van der Waals surface area contributed by atoms with Crippen LogP contribution in [0.4, 0.5) is 0 Å². The average molecular weight is 157 g/mol. The van der Waals surface area contributed by atoms with E-state index >= 15 is 0 Å². The first-order valence-electron chi connectivity index (χ1n) is 0. The van der Waals surface area contributed by atoms with Crippen molar-refractivity contribution < 1.29 is 22.0 Å². The fourth-order valence-corrected chi connectivity index (χ4v) is 0. The van der Waals surface area contributed by atoms with Crippen LogP contribution in [0.3, 0.4) is 0 Å². The molecule has 0 unspecified atom stereocenters. The molecule has 4 heteroatoms. The van der Waals surface area contributed by atoms with Gasteiger partial charge in [-0.3, -0.25) is 0 Å². The zero-order valence-corrected chi connectivity index (χ0v) is 1.71. The first-order valence-corrected chi connectivity index (χ1v) is 0. The summed E-state index contributed by atoms with van der Waals surface area (Å²) in [5, 5.41) is 0. The fraction of sp³-hybridized carbons (Fsp3) is 0. The van der Waals surface area contributed by atoms with E-state index in [-0.39, 0.29) is 111 Å². The van der Waals surface area contributed by atoms with Gasteiger partial charge in [0.15, 0.2) is 0 Å². The molecule has 0 saturated heterocycles. The Morgan fingerprint density at radius 3 is 1.00 bits per heavy atom. The van der Waals surface area contributed by atoms with Gasteiger partial charge in [-0.25, -0.2) is 0 Å². The van der Waals surface area contributed by atoms with Gasteiger partial charge in [-0.05, 0) is 0 Å². The average Bonchev–Trinajstić information content (AvgIpc) is 0. The second-order valence-corrected chi connectivity index (χ2v) is 0. The molecule has 0 spiro atoms. The molecule has 0 atom stereocenters. The summed E-state index contributed by atoms with van der Waals surface area (Å²) in [4.78, 5) is 0. The van der Waals surface area contributed by atoms with E-state index in [2.05, 4.69) is 0 Å². The SMILES string of the molecule is [CaH2].[KH].[Ni+2].[O-2]. The minimum absolute atomic E-state index is 0. The molecule has 1 nitrogen and oxygen atoms in total. The summed E-state index contributed by atoms with van der Waals surface area (Å²) in [5.74, 6) is 0. The Morgan fingerprint density at radius 1 is 1.00 bits per heavy atom. The van der Waals surface area contributed by atoms with E-state index in [1.165, 1.54) is 0 Å². The molecule has 0 rings (SSSR count). The van der Waals surface area contributed by atoms with Crippen LogP contribution in [0.25, 0.3) is 0 Å². The Labute approximate surface area is 108 Å². The zero-order chi connectivity index (χ0) is 0. The summed E-state index contributed by atoms with van der Waals surface area (Å²) < 4.78 is 0. The van der Waals surface area contributed by atoms with Crippen LogP contribution in [0.2, 0.25) is 0 Å². The zero-order valence-electron chi connectivity index (χ0n) is 0.724. The maximum absolute atomic E-state index is 0. The molecule has 0 aliphatic heterocycles. The second-order valence-electron chi connectivity index (χ2n) is 0. The smallest absolute Gasteiger partial charge is 2.00 e. The van der Waals surface area contributed by atoms with Crippen molar-refractivity contribution in [3.05, 3.63) is 0 Å². The number of rotatable bonds is 0. The first kappa shape index (κ1) is 26.4. The summed E-state index contributed by atoms with van der Waals surface area (Å²) in [6.45, 7) is 0. The van der Waals surface area contributed by atoms with Gasteiger partial charge in [0, 0.05) is 0 Å². The van der Waals surface area contributed by atoms with Crippen molar-refractivity contribution >= 4 is 89.1 Å². The summed E-state index contributed by atoms with van der Waals surface area (Å²) >= 11 is 0. The van der Waals surface area contributed by atoms with E-state index in [1.54, 1.807) is 0 Å². The Balaban J connectivity index is 0. The Kier molecular flexibility index (Phi) is 107. The molecule has 0 saturated carbocycles. The van der Waals surface area contributed by atoms with Crippen LogP contribution in [0, 0.1) is 0 Å². The predicted molar refractivity (Wildman–Crippen MR) is 16.4 cm³/mol. The van der Waals surface area contributed by atoms with Gasteiger partial charge in [-0.15, -0.1) is 0 Å². The summed E-state index contributed by atoms with van der Waals surface area (Å²) in [7, 11) is 0. The molecule has 22 valence electrons. The van der Waals surface area contributed by atoms with E-state index in [9.17, 15) is 0 Å². The quantitative estimate of drug-likeness (QED) is 0.375. The molecule has 0 fully saturated rings. The van der Waals surface area contributed by atoms with Crippen molar-refractivity contribution in [3.63, 3.8) is 0 Å². The standard InChI is InChI=1S/Ca.K.Ni.O.3H/q;;+2;-2;;;. The molecule has 0 heterocycles. The molecule has 0 aromatic rings. The van der Waals surface area contributed by atoms with Crippen molar-refractivity contribution in [2.24, 2.45) is 0 Å². The Morgan fingerprint density at radius 2 is 1.00 bits per heavy atom. The van der Waals surface area contributed by atoms with E-state index in [0.717, 1.165) is 0 Å². The van der Waals surface area contributed by atoms with Crippen LogP contribution in [0.1, 0.15) is 0 Å². The third-order valence-electron chi connectivity index (χ3n) is 0. The third-order valence-corrected chi connectivity index (χ3v) is 0. The Bertz CT molecular complexity index is 8.00. The van der Waals surface area contributed by atoms with Crippen molar-refractivity contribution in [1.82, 2.24) is 0 Å². The predicted octanol–water partition coefficient (Wildman–Crippen LogP) is -1.69. The van der Waals surface area contributed by atoms with E-state index in [1.807, 2.05) is 0 Å². The maximum atomic E-state index is 0. The van der Waals surface area contributed by atoms with Crippen molar-refractivity contribution in [2.45, 2.75) is 0 Å². The van der Waals surface area contributed by atoms with Gasteiger partial charge in [0.25, 0.3) is 0 Å². The molecule has 0 N–H and O–H groups in total. The van der Waals surface area contributed by atoms with Crippen LogP contribution < -0.4 is 0 Å². The van der Waals surface area contributed by atoms with Crippen molar-refractivity contribution in [1.29, 1.82) is 0 Å². The number of hydrogen-bond acceptors (Lipinski definition) is 0. The van der Waals surface area contributed by atoms with Gasteiger partial charge < -0.3 is 5.48 Å². The summed E-state index contributed by atoms with van der Waals surface area (Å²) in [6.07, 6.45) is 0. The fourth-order valence-electron chi connectivity index (χ4n) is 0. The van der Waals surface area contributed by atoms with Gasteiger partial charge in [-0.1, -0.05) is 0 Å². The molecule has 0 amide bonds. The van der Waals surface area contributed by atoms with Gasteiger partial charge in [-0.2, -0.15) is 0 Å². The first-order chi connectivity index (χ1) is 0. The largest absolute Gasteiger partial charge is 2.00 e. The normalized spacial score (nSPS) is 0. The van der Waals surface area contributed by atoms with Crippen LogP contribution in [0.15, 0.2) is 0 Å². The molecule has 0 aromatic heterocycles. The molecule has 0 radical (unpaired) electrons. The molecule has 0 aromatic carbocycles. The van der Waals surface area contributed by atoms with Crippen molar-refractivity contribution in [3.8, 4) is 0 Å². The topological polar surface area (TPSA) is 28.5 Å². The third kappa shape index (κ3) is 9.02. The second kappa shape index (κ2) is 16.2.